The molecule has 12 nitrogen and oxygen atoms in total. The van der Waals surface area contributed by atoms with Gasteiger partial charge in [-0.15, -0.1) is 5.10 Å². The van der Waals surface area contributed by atoms with Crippen molar-refractivity contribution in [3.8, 4) is 17.8 Å². The normalized spacial score (nSPS) is 13.5. The number of aryl methyl sites for hydroxylation is 1. The van der Waals surface area contributed by atoms with Crippen molar-refractivity contribution < 1.29 is 23.9 Å². The van der Waals surface area contributed by atoms with E-state index in [4.69, 9.17) is 21.1 Å². The van der Waals surface area contributed by atoms with Crippen LogP contribution in [0.25, 0.3) is 5.82 Å². The van der Waals surface area contributed by atoms with Gasteiger partial charge in [-0.1, -0.05) is 11.6 Å². The molecule has 0 aliphatic carbocycles. The number of nitrogens with zero attached hydrogens (tertiary/aromatic N) is 5. The molecule has 3 amide bonds. The summed E-state index contributed by atoms with van der Waals surface area (Å²) in [6, 6.07) is 9.75. The van der Waals surface area contributed by atoms with E-state index in [2.05, 4.69) is 20.7 Å². The summed E-state index contributed by atoms with van der Waals surface area (Å²) in [6.07, 6.45) is 0.692. The minimum absolute atomic E-state index is 0.0323. The Hall–Kier alpha value is -4.63. The Labute approximate surface area is 254 Å². The van der Waals surface area contributed by atoms with Gasteiger partial charge < -0.3 is 25.0 Å². The number of rotatable bonds is 6. The second kappa shape index (κ2) is 11.9. The van der Waals surface area contributed by atoms with Gasteiger partial charge in [-0.05, 0) is 78.3 Å². The van der Waals surface area contributed by atoms with Crippen molar-refractivity contribution in [3.05, 3.63) is 63.9 Å². The van der Waals surface area contributed by atoms with Gasteiger partial charge in [0.25, 0.3) is 11.8 Å². The number of pyridine rings is 1. The average molecular weight is 608 g/mol. The standard InChI is InChI=1S/C30H34ClN7O5/c1-17-11-18(14-32)12-20(26(39)35-29(2,3)4)24(17)34-27(40)22-13-23(36-38(22)25-21(31)9-8-10-33-25)42-19-15-37(16-19)28(41)43-30(5,6)7/h8-13,19H,15-16H2,1-7H3,(H,34,40)(H,35,39). The van der Waals surface area contributed by atoms with Crippen LogP contribution < -0.4 is 15.4 Å². The highest BCUT2D eigenvalue weighted by atomic mass is 35.5. The van der Waals surface area contributed by atoms with E-state index in [1.807, 2.05) is 26.8 Å². The molecule has 0 radical (unpaired) electrons. The molecule has 1 saturated heterocycles. The molecule has 2 aromatic heterocycles. The number of benzene rings is 1. The van der Waals surface area contributed by atoms with Gasteiger partial charge in [-0.2, -0.15) is 5.26 Å². The zero-order valence-electron chi connectivity index (χ0n) is 25.1. The zero-order chi connectivity index (χ0) is 31.7. The summed E-state index contributed by atoms with van der Waals surface area (Å²) in [7, 11) is 0. The summed E-state index contributed by atoms with van der Waals surface area (Å²) in [6.45, 7) is 13.1. The fourth-order valence-electron chi connectivity index (χ4n) is 4.21. The maximum Gasteiger partial charge on any atom is 0.410 e. The number of ether oxygens (including phenoxy) is 2. The number of hydrogen-bond donors (Lipinski definition) is 2. The van der Waals surface area contributed by atoms with Gasteiger partial charge in [0.2, 0.25) is 5.88 Å². The van der Waals surface area contributed by atoms with Crippen LogP contribution in [0.1, 0.15) is 73.5 Å². The molecule has 43 heavy (non-hydrogen) atoms. The highest BCUT2D eigenvalue weighted by molar-refractivity contribution is 6.32. The van der Waals surface area contributed by atoms with Crippen molar-refractivity contribution in [2.24, 2.45) is 0 Å². The minimum Gasteiger partial charge on any atom is -0.469 e. The fourth-order valence-corrected chi connectivity index (χ4v) is 4.42. The van der Waals surface area contributed by atoms with Crippen LogP contribution in [0.15, 0.2) is 36.5 Å². The largest absolute Gasteiger partial charge is 0.469 e. The molecule has 226 valence electrons. The first-order chi connectivity index (χ1) is 20.0. The van der Waals surface area contributed by atoms with Crippen molar-refractivity contribution in [1.29, 1.82) is 5.26 Å². The van der Waals surface area contributed by atoms with E-state index in [0.29, 0.717) is 5.56 Å². The zero-order valence-corrected chi connectivity index (χ0v) is 25.9. The van der Waals surface area contributed by atoms with Crippen molar-refractivity contribution in [1.82, 2.24) is 25.0 Å². The summed E-state index contributed by atoms with van der Waals surface area (Å²) in [5, 5.41) is 19.9. The fraction of sp³-hybridized carbons (Fsp3) is 0.400. The van der Waals surface area contributed by atoms with E-state index >= 15 is 0 Å². The quantitative estimate of drug-likeness (QED) is 0.402. The third kappa shape index (κ3) is 7.61. The first kappa shape index (κ1) is 31.3. The first-order valence-corrected chi connectivity index (χ1v) is 14.0. The molecule has 0 spiro atoms. The maximum atomic E-state index is 13.8. The molecule has 0 saturated carbocycles. The lowest BCUT2D eigenvalue weighted by atomic mass is 10.0. The molecule has 3 aromatic rings. The SMILES string of the molecule is Cc1cc(C#N)cc(C(=O)NC(C)(C)C)c1NC(=O)c1cc(OC2CN(C(=O)OC(C)(C)C)C2)nn1-c1ncccc1Cl. The predicted octanol–water partition coefficient (Wildman–Crippen LogP) is 4.88. The highest BCUT2D eigenvalue weighted by Gasteiger charge is 2.36. The summed E-state index contributed by atoms with van der Waals surface area (Å²) in [5.41, 5.74) is 0.0146. The van der Waals surface area contributed by atoms with Crippen LogP contribution in [-0.2, 0) is 4.74 Å². The number of nitriles is 1. The summed E-state index contributed by atoms with van der Waals surface area (Å²) >= 11 is 6.41. The van der Waals surface area contributed by atoms with Gasteiger partial charge in [-0.3, -0.25) is 9.59 Å². The molecule has 0 atom stereocenters. The van der Waals surface area contributed by atoms with Crippen LogP contribution in [0, 0.1) is 18.3 Å². The van der Waals surface area contributed by atoms with Crippen LogP contribution in [0.3, 0.4) is 0 Å². The van der Waals surface area contributed by atoms with Crippen molar-refractivity contribution in [3.63, 3.8) is 0 Å². The van der Waals surface area contributed by atoms with Crippen LogP contribution in [-0.4, -0.2) is 67.9 Å². The Morgan fingerprint density at radius 3 is 2.40 bits per heavy atom. The number of aromatic nitrogens is 3. The van der Waals surface area contributed by atoms with Crippen molar-refractivity contribution >= 4 is 35.2 Å². The van der Waals surface area contributed by atoms with E-state index < -0.39 is 29.0 Å². The number of likely N-dealkylation sites (tertiary alicyclic amines) is 1. The van der Waals surface area contributed by atoms with Crippen LogP contribution in [0.2, 0.25) is 5.02 Å². The van der Waals surface area contributed by atoms with Gasteiger partial charge in [-0.25, -0.2) is 14.5 Å². The lowest BCUT2D eigenvalue weighted by molar-refractivity contribution is -0.0233. The monoisotopic (exact) mass is 607 g/mol. The molecule has 4 rings (SSSR count). The highest BCUT2D eigenvalue weighted by Crippen LogP contribution is 2.28. The van der Waals surface area contributed by atoms with Gasteiger partial charge in [0, 0.05) is 17.8 Å². The van der Waals surface area contributed by atoms with E-state index in [1.165, 1.54) is 27.9 Å². The van der Waals surface area contributed by atoms with Crippen molar-refractivity contribution in [2.45, 2.75) is 65.7 Å². The summed E-state index contributed by atoms with van der Waals surface area (Å²) < 4.78 is 12.6. The Balaban J connectivity index is 1.64. The number of amides is 3. The Morgan fingerprint density at radius 1 is 1.09 bits per heavy atom. The second-order valence-electron chi connectivity index (χ2n) is 12.2. The van der Waals surface area contributed by atoms with E-state index in [9.17, 15) is 19.6 Å². The Morgan fingerprint density at radius 2 is 1.79 bits per heavy atom. The second-order valence-corrected chi connectivity index (χ2v) is 12.6. The third-order valence-corrected chi connectivity index (χ3v) is 6.38. The smallest absolute Gasteiger partial charge is 0.410 e. The Bertz CT molecular complexity index is 1610. The maximum absolute atomic E-state index is 13.8. The molecule has 1 aromatic carbocycles. The topological polar surface area (TPSA) is 151 Å². The van der Waals surface area contributed by atoms with Gasteiger partial charge in [0.1, 0.15) is 17.4 Å². The number of hydrogen-bond acceptors (Lipinski definition) is 8. The lowest BCUT2D eigenvalue weighted by Crippen LogP contribution is -2.57. The molecular formula is C30H34ClN7O5. The van der Waals surface area contributed by atoms with Crippen molar-refractivity contribution in [2.75, 3.05) is 18.4 Å². The number of carbonyl (C=O) groups excluding carboxylic acids is 3. The molecule has 0 bridgehead atoms. The lowest BCUT2D eigenvalue weighted by Gasteiger charge is -2.38. The molecular weight excluding hydrogens is 574 g/mol. The molecule has 1 aliphatic rings. The summed E-state index contributed by atoms with van der Waals surface area (Å²) in [5.74, 6) is -0.767. The van der Waals surface area contributed by atoms with Gasteiger partial charge in [0.15, 0.2) is 5.82 Å². The van der Waals surface area contributed by atoms with E-state index in [0.717, 1.165) is 0 Å². The van der Waals surface area contributed by atoms with Gasteiger partial charge in [0.05, 0.1) is 41.0 Å². The molecule has 3 heterocycles. The first-order valence-electron chi connectivity index (χ1n) is 13.6. The molecule has 13 heteroatoms. The van der Waals surface area contributed by atoms with Gasteiger partial charge >= 0.3 is 6.09 Å². The number of nitrogens with one attached hydrogen (secondary N) is 2. The predicted molar refractivity (Wildman–Crippen MR) is 160 cm³/mol. The third-order valence-electron chi connectivity index (χ3n) is 6.08. The van der Waals surface area contributed by atoms with E-state index in [1.54, 1.807) is 45.9 Å². The molecule has 1 fully saturated rings. The molecule has 0 unspecified atom stereocenters. The number of anilines is 1. The van der Waals surface area contributed by atoms with Crippen LogP contribution in [0.5, 0.6) is 5.88 Å². The van der Waals surface area contributed by atoms with E-state index in [-0.39, 0.29) is 58.4 Å². The Kier molecular flexibility index (Phi) is 8.69. The molecule has 2 N–H and O–H groups in total. The van der Waals surface area contributed by atoms with Crippen LogP contribution >= 0.6 is 11.6 Å². The number of halogens is 1. The minimum atomic E-state index is -0.620. The average Bonchev–Trinajstić information content (AvgIpc) is 3.28. The molecule has 1 aliphatic heterocycles. The summed E-state index contributed by atoms with van der Waals surface area (Å²) in [4.78, 5) is 45.1. The van der Waals surface area contributed by atoms with Crippen LogP contribution in [0.4, 0.5) is 10.5 Å². The number of carbonyl (C=O) groups is 3.